The molecule has 2 fully saturated rings. The van der Waals surface area contributed by atoms with Crippen LogP contribution in [0.5, 0.6) is 0 Å². The van der Waals surface area contributed by atoms with Gasteiger partial charge in [0.2, 0.25) is 16.1 Å². The number of hydrogen-bond acceptors (Lipinski definition) is 5. The molecular weight excluding hydrogens is 428 g/mol. The summed E-state index contributed by atoms with van der Waals surface area (Å²) in [7, 11) is -3.60. The first kappa shape index (κ1) is 22.5. The Balaban J connectivity index is 1.48. The number of rotatable bonds is 7. The standard InChI is InChI=1S/C24H28N2O5S/c1-17-13-15-26(16-14-17)32(29,30)21-11-7-19(8-12-21)24(28)31-22(18-5-3-2-4-6-18)23(27)25-20-9-10-20/h2-8,11-12,17,20,22H,9-10,13-16H2,1H3,(H,25,27). The third-order valence-corrected chi connectivity index (χ3v) is 7.87. The number of piperidine rings is 1. The summed E-state index contributed by atoms with van der Waals surface area (Å²) < 4.78 is 32.8. The molecule has 1 saturated heterocycles. The molecule has 0 aromatic heterocycles. The minimum Gasteiger partial charge on any atom is -0.444 e. The molecule has 0 spiro atoms. The van der Waals surface area contributed by atoms with Gasteiger partial charge in [-0.2, -0.15) is 4.31 Å². The van der Waals surface area contributed by atoms with Crippen LogP contribution in [0.4, 0.5) is 0 Å². The molecule has 0 radical (unpaired) electrons. The molecule has 1 aliphatic carbocycles. The van der Waals surface area contributed by atoms with E-state index in [1.807, 2.05) is 6.07 Å². The maximum Gasteiger partial charge on any atom is 0.339 e. The van der Waals surface area contributed by atoms with Crippen LogP contribution in [0.1, 0.15) is 54.6 Å². The van der Waals surface area contributed by atoms with E-state index in [-0.39, 0.29) is 22.4 Å². The van der Waals surface area contributed by atoms with E-state index in [4.69, 9.17) is 4.74 Å². The van der Waals surface area contributed by atoms with Crippen molar-refractivity contribution >= 4 is 21.9 Å². The number of nitrogens with zero attached hydrogens (tertiary/aromatic N) is 1. The van der Waals surface area contributed by atoms with Crippen LogP contribution >= 0.6 is 0 Å². The number of ether oxygens (including phenoxy) is 1. The Morgan fingerprint density at radius 2 is 1.59 bits per heavy atom. The fourth-order valence-electron chi connectivity index (χ4n) is 3.72. The fraction of sp³-hybridized carbons (Fsp3) is 0.417. The van der Waals surface area contributed by atoms with Gasteiger partial charge in [0.25, 0.3) is 5.91 Å². The predicted octanol–water partition coefficient (Wildman–Crippen LogP) is 3.28. The molecule has 1 heterocycles. The zero-order valence-electron chi connectivity index (χ0n) is 18.1. The van der Waals surface area contributed by atoms with Gasteiger partial charge in [-0.05, 0) is 55.9 Å². The van der Waals surface area contributed by atoms with Crippen LogP contribution in [0, 0.1) is 5.92 Å². The Kier molecular flexibility index (Phi) is 6.62. The van der Waals surface area contributed by atoms with E-state index in [2.05, 4.69) is 12.2 Å². The number of amides is 1. The van der Waals surface area contributed by atoms with Crippen LogP contribution in [-0.2, 0) is 19.6 Å². The molecule has 4 rings (SSSR count). The van der Waals surface area contributed by atoms with Gasteiger partial charge < -0.3 is 10.1 Å². The highest BCUT2D eigenvalue weighted by molar-refractivity contribution is 7.89. The molecular formula is C24H28N2O5S. The van der Waals surface area contributed by atoms with E-state index < -0.39 is 22.1 Å². The number of hydrogen-bond donors (Lipinski definition) is 1. The summed E-state index contributed by atoms with van der Waals surface area (Å²) in [6.07, 6.45) is 2.46. The highest BCUT2D eigenvalue weighted by atomic mass is 32.2. The quantitative estimate of drug-likeness (QED) is 0.646. The number of esters is 1. The molecule has 2 aliphatic rings. The van der Waals surface area contributed by atoms with E-state index in [1.165, 1.54) is 28.6 Å². The molecule has 7 nitrogen and oxygen atoms in total. The zero-order valence-corrected chi connectivity index (χ0v) is 18.9. The molecule has 2 aromatic carbocycles. The number of carbonyl (C=O) groups excluding carboxylic acids is 2. The maximum absolute atomic E-state index is 12.9. The second-order valence-corrected chi connectivity index (χ2v) is 10.5. The lowest BCUT2D eigenvalue weighted by Crippen LogP contribution is -2.37. The van der Waals surface area contributed by atoms with E-state index in [1.54, 1.807) is 24.3 Å². The van der Waals surface area contributed by atoms with E-state index >= 15 is 0 Å². The maximum atomic E-state index is 12.9. The van der Waals surface area contributed by atoms with Crippen molar-refractivity contribution in [3.8, 4) is 0 Å². The van der Waals surface area contributed by atoms with Gasteiger partial charge in [0, 0.05) is 24.7 Å². The summed E-state index contributed by atoms with van der Waals surface area (Å²) in [5.41, 5.74) is 0.772. The van der Waals surface area contributed by atoms with Crippen molar-refractivity contribution in [2.24, 2.45) is 5.92 Å². The minimum atomic E-state index is -3.60. The van der Waals surface area contributed by atoms with Crippen LogP contribution in [0.25, 0.3) is 0 Å². The van der Waals surface area contributed by atoms with Crippen LogP contribution in [0.15, 0.2) is 59.5 Å². The first-order valence-corrected chi connectivity index (χ1v) is 12.4. The summed E-state index contributed by atoms with van der Waals surface area (Å²) >= 11 is 0. The molecule has 2 aromatic rings. The zero-order chi connectivity index (χ0) is 22.7. The van der Waals surface area contributed by atoms with Gasteiger partial charge in [-0.25, -0.2) is 13.2 Å². The van der Waals surface area contributed by atoms with Gasteiger partial charge in [-0.15, -0.1) is 0 Å². The fourth-order valence-corrected chi connectivity index (χ4v) is 5.19. The van der Waals surface area contributed by atoms with E-state index in [9.17, 15) is 18.0 Å². The second-order valence-electron chi connectivity index (χ2n) is 8.59. The lowest BCUT2D eigenvalue weighted by molar-refractivity contribution is -0.130. The largest absolute Gasteiger partial charge is 0.444 e. The smallest absolute Gasteiger partial charge is 0.339 e. The van der Waals surface area contributed by atoms with Crippen LogP contribution < -0.4 is 5.32 Å². The molecule has 1 atom stereocenters. The molecule has 1 aliphatic heterocycles. The van der Waals surface area contributed by atoms with Crippen LogP contribution in [0.3, 0.4) is 0 Å². The number of benzene rings is 2. The Bertz CT molecular complexity index is 1060. The van der Waals surface area contributed by atoms with Gasteiger partial charge in [0.05, 0.1) is 10.5 Å². The van der Waals surface area contributed by atoms with Crippen molar-refractivity contribution in [3.05, 3.63) is 65.7 Å². The molecule has 1 amide bonds. The minimum absolute atomic E-state index is 0.134. The number of carbonyl (C=O) groups is 2. The molecule has 0 bridgehead atoms. The Labute approximate surface area is 188 Å². The first-order valence-electron chi connectivity index (χ1n) is 11.0. The average molecular weight is 457 g/mol. The van der Waals surface area contributed by atoms with Gasteiger partial charge in [0.1, 0.15) is 0 Å². The molecule has 1 saturated carbocycles. The number of nitrogens with one attached hydrogen (secondary N) is 1. The predicted molar refractivity (Wildman–Crippen MR) is 119 cm³/mol. The van der Waals surface area contributed by atoms with Crippen LogP contribution in [0.2, 0.25) is 0 Å². The van der Waals surface area contributed by atoms with Crippen molar-refractivity contribution < 1.29 is 22.7 Å². The van der Waals surface area contributed by atoms with Crippen molar-refractivity contribution in [2.75, 3.05) is 13.1 Å². The second kappa shape index (κ2) is 9.42. The molecule has 1 N–H and O–H groups in total. The highest BCUT2D eigenvalue weighted by Gasteiger charge is 2.32. The summed E-state index contributed by atoms with van der Waals surface area (Å²) in [5.74, 6) is -0.514. The summed E-state index contributed by atoms with van der Waals surface area (Å²) in [6, 6.07) is 14.7. The first-order chi connectivity index (χ1) is 15.3. The SMILES string of the molecule is CC1CCN(S(=O)(=O)c2ccc(C(=O)OC(C(=O)NC3CC3)c3ccccc3)cc2)CC1. The molecule has 170 valence electrons. The van der Waals surface area contributed by atoms with Crippen molar-refractivity contribution in [1.82, 2.24) is 9.62 Å². The molecule has 8 heteroatoms. The van der Waals surface area contributed by atoms with Crippen molar-refractivity contribution in [2.45, 2.75) is 49.6 Å². The van der Waals surface area contributed by atoms with Crippen molar-refractivity contribution in [3.63, 3.8) is 0 Å². The number of sulfonamides is 1. The van der Waals surface area contributed by atoms with E-state index in [0.29, 0.717) is 24.6 Å². The Morgan fingerprint density at radius 3 is 2.19 bits per heavy atom. The Morgan fingerprint density at radius 1 is 0.969 bits per heavy atom. The summed E-state index contributed by atoms with van der Waals surface area (Å²) in [6.45, 7) is 3.13. The summed E-state index contributed by atoms with van der Waals surface area (Å²) in [4.78, 5) is 25.6. The Hall–Kier alpha value is -2.71. The van der Waals surface area contributed by atoms with Crippen molar-refractivity contribution in [1.29, 1.82) is 0 Å². The highest BCUT2D eigenvalue weighted by Crippen LogP contribution is 2.26. The lowest BCUT2D eigenvalue weighted by Gasteiger charge is -2.29. The molecule has 1 unspecified atom stereocenters. The van der Waals surface area contributed by atoms with Crippen LogP contribution in [-0.4, -0.2) is 43.7 Å². The van der Waals surface area contributed by atoms with Gasteiger partial charge in [0.15, 0.2) is 0 Å². The third-order valence-electron chi connectivity index (χ3n) is 5.96. The lowest BCUT2D eigenvalue weighted by atomic mass is 10.0. The van der Waals surface area contributed by atoms with Gasteiger partial charge in [-0.3, -0.25) is 4.79 Å². The monoisotopic (exact) mass is 456 g/mol. The van der Waals surface area contributed by atoms with Gasteiger partial charge >= 0.3 is 5.97 Å². The third kappa shape index (κ3) is 5.19. The van der Waals surface area contributed by atoms with E-state index in [0.717, 1.165) is 25.7 Å². The van der Waals surface area contributed by atoms with Gasteiger partial charge in [-0.1, -0.05) is 37.3 Å². The topological polar surface area (TPSA) is 92.8 Å². The summed E-state index contributed by atoms with van der Waals surface area (Å²) in [5, 5.41) is 2.88. The average Bonchev–Trinajstić information content (AvgIpc) is 3.62. The normalized spacial score (nSPS) is 18.7. The molecule has 32 heavy (non-hydrogen) atoms.